The molecule has 2 amide bonds. The lowest BCUT2D eigenvalue weighted by Crippen LogP contribution is -2.47. The number of thioether (sulfide) groups is 1. The monoisotopic (exact) mass is 306 g/mol. The van der Waals surface area contributed by atoms with Crippen LogP contribution in [0.25, 0.3) is 0 Å². The van der Waals surface area contributed by atoms with Gasteiger partial charge in [-0.1, -0.05) is 19.1 Å². The smallest absolute Gasteiger partial charge is 0.254 e. The van der Waals surface area contributed by atoms with E-state index in [9.17, 15) is 9.59 Å². The molecule has 0 aromatic heterocycles. The maximum atomic E-state index is 12.6. The van der Waals surface area contributed by atoms with Gasteiger partial charge in [0.1, 0.15) is 0 Å². The Morgan fingerprint density at radius 1 is 1.29 bits per heavy atom. The Morgan fingerprint density at radius 3 is 2.57 bits per heavy atom. The molecule has 1 fully saturated rings. The van der Waals surface area contributed by atoms with Crippen molar-refractivity contribution in [3.05, 3.63) is 35.4 Å². The zero-order chi connectivity index (χ0) is 15.4. The summed E-state index contributed by atoms with van der Waals surface area (Å²) in [6.45, 7) is 7.08. The van der Waals surface area contributed by atoms with Gasteiger partial charge in [0, 0.05) is 42.6 Å². The van der Waals surface area contributed by atoms with Crippen molar-refractivity contribution in [3.8, 4) is 0 Å². The molecule has 2 atom stereocenters. The van der Waals surface area contributed by atoms with Gasteiger partial charge >= 0.3 is 0 Å². The van der Waals surface area contributed by atoms with Crippen LogP contribution in [0.4, 0.5) is 0 Å². The number of carbonyl (C=O) groups excluding carboxylic acids is 2. The Labute approximate surface area is 130 Å². The molecule has 114 valence electrons. The number of rotatable bonds is 3. The fourth-order valence-corrected chi connectivity index (χ4v) is 3.48. The van der Waals surface area contributed by atoms with Crippen molar-refractivity contribution in [1.82, 2.24) is 10.2 Å². The third kappa shape index (κ3) is 4.00. The van der Waals surface area contributed by atoms with Gasteiger partial charge in [-0.05, 0) is 24.6 Å². The van der Waals surface area contributed by atoms with Crippen LogP contribution in [0.3, 0.4) is 0 Å². The number of nitrogens with zero attached hydrogens (tertiary/aromatic N) is 1. The standard InChI is InChI=1S/C16H22N2O2S/c1-11-12(2)21-9-8-18(11)16(20)15-6-4-14(5-7-15)10-17-13(3)19/h4-7,11-12H,8-10H2,1-3H3,(H,17,19)/t11-,12-/m0/s1. The van der Waals surface area contributed by atoms with Crippen LogP contribution >= 0.6 is 11.8 Å². The summed E-state index contributed by atoms with van der Waals surface area (Å²) in [7, 11) is 0. The third-order valence-corrected chi connectivity index (χ3v) is 5.23. The minimum Gasteiger partial charge on any atom is -0.352 e. The second-order valence-corrected chi connectivity index (χ2v) is 6.91. The summed E-state index contributed by atoms with van der Waals surface area (Å²) in [4.78, 5) is 25.4. The maximum Gasteiger partial charge on any atom is 0.254 e. The molecule has 0 bridgehead atoms. The summed E-state index contributed by atoms with van der Waals surface area (Å²) >= 11 is 1.92. The molecule has 4 nitrogen and oxygen atoms in total. The van der Waals surface area contributed by atoms with Gasteiger partial charge in [-0.25, -0.2) is 0 Å². The molecule has 0 radical (unpaired) electrons. The van der Waals surface area contributed by atoms with Crippen molar-refractivity contribution >= 4 is 23.6 Å². The average Bonchev–Trinajstić information content (AvgIpc) is 2.48. The Balaban J connectivity index is 2.04. The van der Waals surface area contributed by atoms with E-state index in [1.165, 1.54) is 6.92 Å². The van der Waals surface area contributed by atoms with E-state index >= 15 is 0 Å². The number of benzene rings is 1. The van der Waals surface area contributed by atoms with Crippen LogP contribution in [0.2, 0.25) is 0 Å². The van der Waals surface area contributed by atoms with Crippen molar-refractivity contribution in [2.45, 2.75) is 38.6 Å². The van der Waals surface area contributed by atoms with Gasteiger partial charge in [-0.3, -0.25) is 9.59 Å². The van der Waals surface area contributed by atoms with E-state index in [0.717, 1.165) is 17.9 Å². The van der Waals surface area contributed by atoms with Crippen molar-refractivity contribution in [2.75, 3.05) is 12.3 Å². The average molecular weight is 306 g/mol. The molecule has 1 aromatic rings. The first-order valence-corrected chi connectivity index (χ1v) is 8.30. The molecular weight excluding hydrogens is 284 g/mol. The third-order valence-electron chi connectivity index (χ3n) is 3.89. The van der Waals surface area contributed by atoms with Crippen LogP contribution in [-0.2, 0) is 11.3 Å². The topological polar surface area (TPSA) is 49.4 Å². The quantitative estimate of drug-likeness (QED) is 0.932. The Morgan fingerprint density at radius 2 is 1.95 bits per heavy atom. The second-order valence-electron chi connectivity index (χ2n) is 5.42. The fraction of sp³-hybridized carbons (Fsp3) is 0.500. The molecule has 21 heavy (non-hydrogen) atoms. The van der Waals surface area contributed by atoms with Crippen LogP contribution in [0.15, 0.2) is 24.3 Å². The number of carbonyl (C=O) groups is 2. The van der Waals surface area contributed by atoms with Gasteiger partial charge in [-0.2, -0.15) is 11.8 Å². The number of nitrogens with one attached hydrogen (secondary N) is 1. The molecule has 5 heteroatoms. The van der Waals surface area contributed by atoms with Gasteiger partial charge in [-0.15, -0.1) is 0 Å². The lowest BCUT2D eigenvalue weighted by molar-refractivity contribution is -0.119. The molecule has 2 rings (SSSR count). The van der Waals surface area contributed by atoms with Crippen LogP contribution in [0.5, 0.6) is 0 Å². The van der Waals surface area contributed by atoms with E-state index in [1.807, 2.05) is 40.9 Å². The van der Waals surface area contributed by atoms with Crippen molar-refractivity contribution in [2.24, 2.45) is 0 Å². The van der Waals surface area contributed by atoms with E-state index in [0.29, 0.717) is 17.4 Å². The second kappa shape index (κ2) is 6.98. The summed E-state index contributed by atoms with van der Waals surface area (Å²) < 4.78 is 0. The molecule has 0 aliphatic carbocycles. The minimum absolute atomic E-state index is 0.0521. The first kappa shape index (κ1) is 15.9. The van der Waals surface area contributed by atoms with Gasteiger partial charge in [0.25, 0.3) is 5.91 Å². The number of hydrogen-bond acceptors (Lipinski definition) is 3. The van der Waals surface area contributed by atoms with Crippen LogP contribution in [-0.4, -0.2) is 40.3 Å². The highest BCUT2D eigenvalue weighted by atomic mass is 32.2. The molecule has 0 unspecified atom stereocenters. The lowest BCUT2D eigenvalue weighted by Gasteiger charge is -2.37. The van der Waals surface area contributed by atoms with Gasteiger partial charge in [0.05, 0.1) is 0 Å². The molecule has 1 aliphatic heterocycles. The predicted molar refractivity (Wildman–Crippen MR) is 86.4 cm³/mol. The van der Waals surface area contributed by atoms with Crippen LogP contribution < -0.4 is 5.32 Å². The van der Waals surface area contributed by atoms with E-state index in [-0.39, 0.29) is 17.9 Å². The molecule has 1 N–H and O–H groups in total. The normalized spacial score (nSPS) is 22.0. The zero-order valence-electron chi connectivity index (χ0n) is 12.8. The first-order valence-electron chi connectivity index (χ1n) is 7.25. The number of amides is 2. The van der Waals surface area contributed by atoms with Crippen molar-refractivity contribution in [3.63, 3.8) is 0 Å². The molecule has 1 heterocycles. The zero-order valence-corrected chi connectivity index (χ0v) is 13.6. The van der Waals surface area contributed by atoms with E-state index in [1.54, 1.807) is 0 Å². The molecule has 1 aromatic carbocycles. The van der Waals surface area contributed by atoms with E-state index in [2.05, 4.69) is 19.2 Å². The summed E-state index contributed by atoms with van der Waals surface area (Å²) in [5, 5.41) is 3.22. The van der Waals surface area contributed by atoms with Crippen LogP contribution in [0, 0.1) is 0 Å². The molecule has 0 spiro atoms. The Kier molecular flexibility index (Phi) is 5.28. The van der Waals surface area contributed by atoms with Crippen molar-refractivity contribution < 1.29 is 9.59 Å². The summed E-state index contributed by atoms with van der Waals surface area (Å²) in [6, 6.07) is 7.75. The van der Waals surface area contributed by atoms with E-state index < -0.39 is 0 Å². The largest absolute Gasteiger partial charge is 0.352 e. The predicted octanol–water partition coefficient (Wildman–Crippen LogP) is 2.29. The molecule has 1 saturated heterocycles. The summed E-state index contributed by atoms with van der Waals surface area (Å²) in [5.74, 6) is 1.04. The van der Waals surface area contributed by atoms with Gasteiger partial charge < -0.3 is 10.2 Å². The fourth-order valence-electron chi connectivity index (χ4n) is 2.38. The Bertz CT molecular complexity index is 516. The SMILES string of the molecule is CC(=O)NCc1ccc(C(=O)N2CCS[C@@H](C)[C@@H]2C)cc1. The van der Waals surface area contributed by atoms with Gasteiger partial charge in [0.2, 0.25) is 5.91 Å². The molecular formula is C16H22N2O2S. The Hall–Kier alpha value is -1.49. The molecule has 0 saturated carbocycles. The summed E-state index contributed by atoms with van der Waals surface area (Å²) in [6.07, 6.45) is 0. The minimum atomic E-state index is -0.0521. The highest BCUT2D eigenvalue weighted by Gasteiger charge is 2.29. The maximum absolute atomic E-state index is 12.6. The lowest BCUT2D eigenvalue weighted by atomic mass is 10.1. The van der Waals surface area contributed by atoms with Crippen molar-refractivity contribution in [1.29, 1.82) is 0 Å². The highest BCUT2D eigenvalue weighted by molar-refractivity contribution is 8.00. The molecule has 1 aliphatic rings. The van der Waals surface area contributed by atoms with Crippen LogP contribution in [0.1, 0.15) is 36.7 Å². The summed E-state index contributed by atoms with van der Waals surface area (Å²) in [5.41, 5.74) is 1.71. The first-order chi connectivity index (χ1) is 9.99. The highest BCUT2D eigenvalue weighted by Crippen LogP contribution is 2.25. The van der Waals surface area contributed by atoms with Gasteiger partial charge in [0.15, 0.2) is 0 Å². The number of hydrogen-bond donors (Lipinski definition) is 1. The van der Waals surface area contributed by atoms with E-state index in [4.69, 9.17) is 0 Å².